The van der Waals surface area contributed by atoms with Crippen molar-refractivity contribution < 1.29 is 14.6 Å². The predicted octanol–water partition coefficient (Wildman–Crippen LogP) is 1.89. The van der Waals surface area contributed by atoms with Crippen LogP contribution >= 0.6 is 0 Å². The second-order valence-corrected chi connectivity index (χ2v) is 3.76. The maximum Gasteiger partial charge on any atom is 0.265 e. The molecule has 1 aromatic carbocycles. The molecule has 0 unspecified atom stereocenters. The lowest BCUT2D eigenvalue weighted by atomic mass is 10.1. The van der Waals surface area contributed by atoms with Crippen molar-refractivity contribution in [1.82, 2.24) is 0 Å². The minimum atomic E-state index is -0.564. The monoisotopic (exact) mass is 224 g/mol. The van der Waals surface area contributed by atoms with Crippen LogP contribution in [0.1, 0.15) is 25.3 Å². The van der Waals surface area contributed by atoms with Gasteiger partial charge in [0.2, 0.25) is 5.75 Å². The normalized spacial score (nSPS) is 10.3. The van der Waals surface area contributed by atoms with Crippen LogP contribution in [0.5, 0.6) is 17.2 Å². The second kappa shape index (κ2) is 4.88. The van der Waals surface area contributed by atoms with Crippen molar-refractivity contribution in [2.75, 3.05) is 14.2 Å². The molecule has 0 heterocycles. The van der Waals surface area contributed by atoms with E-state index in [1.165, 1.54) is 14.2 Å². The molecule has 4 heteroatoms. The summed E-state index contributed by atoms with van der Waals surface area (Å²) in [7, 11) is 2.80. The summed E-state index contributed by atoms with van der Waals surface area (Å²) in [5, 5.41) is 9.66. The van der Waals surface area contributed by atoms with Gasteiger partial charge in [0.25, 0.3) is 5.43 Å². The molecule has 1 aromatic rings. The lowest BCUT2D eigenvalue weighted by Gasteiger charge is -2.03. The van der Waals surface area contributed by atoms with Crippen LogP contribution in [0.2, 0.25) is 0 Å². The summed E-state index contributed by atoms with van der Waals surface area (Å²) in [4.78, 5) is 11.7. The summed E-state index contributed by atoms with van der Waals surface area (Å²) in [6.45, 7) is 3.96. The molecule has 0 atom stereocenters. The molecule has 0 aliphatic heterocycles. The van der Waals surface area contributed by atoms with Crippen LogP contribution in [-0.4, -0.2) is 19.3 Å². The Morgan fingerprint density at radius 2 is 1.62 bits per heavy atom. The molecule has 4 nitrogen and oxygen atoms in total. The number of aromatic hydroxyl groups is 1. The number of rotatable bonds is 3. The summed E-state index contributed by atoms with van der Waals surface area (Å²) < 4.78 is 9.92. The molecule has 88 valence electrons. The highest BCUT2D eigenvalue weighted by molar-refractivity contribution is 5.45. The zero-order chi connectivity index (χ0) is 12.3. The first kappa shape index (κ1) is 12.4. The van der Waals surface area contributed by atoms with Crippen LogP contribution in [0, 0.1) is 0 Å². The van der Waals surface area contributed by atoms with Gasteiger partial charge in [0.05, 0.1) is 14.2 Å². The van der Waals surface area contributed by atoms with Crippen LogP contribution in [0.4, 0.5) is 0 Å². The third-order valence-corrected chi connectivity index (χ3v) is 2.37. The van der Waals surface area contributed by atoms with E-state index in [9.17, 15) is 9.90 Å². The van der Waals surface area contributed by atoms with E-state index in [0.29, 0.717) is 0 Å². The summed E-state index contributed by atoms with van der Waals surface area (Å²) in [6.07, 6.45) is 0. The zero-order valence-corrected chi connectivity index (χ0v) is 9.90. The Morgan fingerprint density at radius 3 is 2.06 bits per heavy atom. The Kier molecular flexibility index (Phi) is 3.77. The molecule has 0 radical (unpaired) electrons. The zero-order valence-electron chi connectivity index (χ0n) is 9.90. The van der Waals surface area contributed by atoms with Crippen molar-refractivity contribution in [2.45, 2.75) is 19.8 Å². The summed E-state index contributed by atoms with van der Waals surface area (Å²) in [6, 6.07) is 3.26. The van der Waals surface area contributed by atoms with Gasteiger partial charge in [-0.2, -0.15) is 0 Å². The summed E-state index contributed by atoms with van der Waals surface area (Å²) >= 11 is 0. The van der Waals surface area contributed by atoms with Gasteiger partial charge in [-0.3, -0.25) is 4.79 Å². The molecule has 0 bridgehead atoms. The topological polar surface area (TPSA) is 55.8 Å². The molecular formula is C12H16O4. The Labute approximate surface area is 94.4 Å². The lowest BCUT2D eigenvalue weighted by molar-refractivity contribution is 0.367. The first-order valence-electron chi connectivity index (χ1n) is 5.00. The minimum absolute atomic E-state index is 0.115. The van der Waals surface area contributed by atoms with Gasteiger partial charge in [0, 0.05) is 0 Å². The van der Waals surface area contributed by atoms with Gasteiger partial charge in [-0.1, -0.05) is 13.8 Å². The fraction of sp³-hybridized carbons (Fsp3) is 0.417. The van der Waals surface area contributed by atoms with E-state index in [-0.39, 0.29) is 17.4 Å². The third kappa shape index (κ3) is 2.27. The predicted molar refractivity (Wildman–Crippen MR) is 61.6 cm³/mol. The van der Waals surface area contributed by atoms with Crippen molar-refractivity contribution in [3.63, 3.8) is 0 Å². The van der Waals surface area contributed by atoms with Crippen molar-refractivity contribution in [2.24, 2.45) is 0 Å². The molecule has 16 heavy (non-hydrogen) atoms. The highest BCUT2D eigenvalue weighted by Crippen LogP contribution is 2.27. The average Bonchev–Trinajstić information content (AvgIpc) is 2.38. The maximum absolute atomic E-state index is 11.7. The average molecular weight is 224 g/mol. The Balaban J connectivity index is 3.61. The first-order chi connectivity index (χ1) is 7.51. The Bertz CT molecular complexity index is 438. The number of hydrogen-bond donors (Lipinski definition) is 1. The van der Waals surface area contributed by atoms with Crippen molar-refractivity contribution in [3.05, 3.63) is 27.9 Å². The van der Waals surface area contributed by atoms with Gasteiger partial charge in [0.1, 0.15) is 0 Å². The van der Waals surface area contributed by atoms with E-state index in [1.807, 2.05) is 13.8 Å². The highest BCUT2D eigenvalue weighted by atomic mass is 16.5. The molecule has 0 aromatic heterocycles. The van der Waals surface area contributed by atoms with Gasteiger partial charge in [-0.25, -0.2) is 0 Å². The SMILES string of the molecule is COc1cc(C(C)C)cc(OC)c(=O)c1O. The van der Waals surface area contributed by atoms with E-state index in [4.69, 9.17) is 9.47 Å². The third-order valence-electron chi connectivity index (χ3n) is 2.37. The Morgan fingerprint density at radius 1 is 1.12 bits per heavy atom. The van der Waals surface area contributed by atoms with Crippen LogP contribution < -0.4 is 14.9 Å². The van der Waals surface area contributed by atoms with Gasteiger partial charge in [-0.05, 0) is 23.6 Å². The molecule has 0 aliphatic rings. The van der Waals surface area contributed by atoms with Crippen molar-refractivity contribution in [1.29, 1.82) is 0 Å². The van der Waals surface area contributed by atoms with Crippen molar-refractivity contribution >= 4 is 0 Å². The molecule has 0 spiro atoms. The molecule has 0 amide bonds. The minimum Gasteiger partial charge on any atom is -0.501 e. The van der Waals surface area contributed by atoms with Gasteiger partial charge < -0.3 is 14.6 Å². The molecule has 0 fully saturated rings. The van der Waals surface area contributed by atoms with E-state index < -0.39 is 11.2 Å². The highest BCUT2D eigenvalue weighted by Gasteiger charge is 2.12. The van der Waals surface area contributed by atoms with Gasteiger partial charge >= 0.3 is 0 Å². The molecule has 0 saturated carbocycles. The van der Waals surface area contributed by atoms with Crippen LogP contribution in [0.15, 0.2) is 16.9 Å². The van der Waals surface area contributed by atoms with Crippen molar-refractivity contribution in [3.8, 4) is 17.2 Å². The standard InChI is InChI=1S/C12H16O4/c1-7(2)8-5-9(15-3)11(13)12(14)10(6-8)16-4/h5-7H,1-4H3,(H,13,14). The van der Waals surface area contributed by atoms with E-state index in [2.05, 4.69) is 0 Å². The largest absolute Gasteiger partial charge is 0.501 e. The fourth-order valence-electron chi connectivity index (χ4n) is 1.35. The maximum atomic E-state index is 11.7. The quantitative estimate of drug-likeness (QED) is 0.851. The van der Waals surface area contributed by atoms with E-state index >= 15 is 0 Å². The molecule has 1 N–H and O–H groups in total. The van der Waals surface area contributed by atoms with Gasteiger partial charge in [-0.15, -0.1) is 0 Å². The van der Waals surface area contributed by atoms with Crippen LogP contribution in [0.3, 0.4) is 0 Å². The lowest BCUT2D eigenvalue weighted by Crippen LogP contribution is -2.02. The number of hydrogen-bond acceptors (Lipinski definition) is 4. The summed E-state index contributed by atoms with van der Waals surface area (Å²) in [5.74, 6) is 0.0572. The fourth-order valence-corrected chi connectivity index (χ4v) is 1.35. The summed E-state index contributed by atoms with van der Waals surface area (Å²) in [5.41, 5.74) is 0.303. The molecule has 0 aliphatic carbocycles. The van der Waals surface area contributed by atoms with Crippen LogP contribution in [0.25, 0.3) is 0 Å². The van der Waals surface area contributed by atoms with E-state index in [0.717, 1.165) is 5.56 Å². The molecular weight excluding hydrogens is 208 g/mol. The second-order valence-electron chi connectivity index (χ2n) is 3.76. The van der Waals surface area contributed by atoms with Gasteiger partial charge in [0.15, 0.2) is 11.5 Å². The molecule has 0 saturated heterocycles. The smallest absolute Gasteiger partial charge is 0.265 e. The van der Waals surface area contributed by atoms with E-state index in [1.54, 1.807) is 12.1 Å². The molecule has 1 rings (SSSR count). The first-order valence-corrected chi connectivity index (χ1v) is 5.00. The number of ether oxygens (including phenoxy) is 2. The Hall–Kier alpha value is -1.71. The van der Waals surface area contributed by atoms with Crippen LogP contribution in [-0.2, 0) is 0 Å². The number of methoxy groups -OCH3 is 2.